The van der Waals surface area contributed by atoms with Crippen LogP contribution in [0, 0.1) is 0 Å². The molecule has 0 spiro atoms. The number of ether oxygens (including phenoxy) is 1. The van der Waals surface area contributed by atoms with Gasteiger partial charge < -0.3 is 9.83 Å². The fourth-order valence-electron chi connectivity index (χ4n) is 2.13. The van der Waals surface area contributed by atoms with Gasteiger partial charge in [0.1, 0.15) is 0 Å². The van der Waals surface area contributed by atoms with Crippen LogP contribution in [0.1, 0.15) is 61.8 Å². The van der Waals surface area contributed by atoms with Crippen LogP contribution in [0.5, 0.6) is 0 Å². The van der Waals surface area contributed by atoms with Gasteiger partial charge in [-0.25, -0.2) is 0 Å². The molecule has 0 heterocycles. The van der Waals surface area contributed by atoms with Crippen molar-refractivity contribution < 1.29 is 9.53 Å². The maximum absolute atomic E-state index is 11.5. The Morgan fingerprint density at radius 3 is 1.95 bits per heavy atom. The summed E-state index contributed by atoms with van der Waals surface area (Å²) in [4.78, 5) is 11.5. The Labute approximate surface area is 125 Å². The van der Waals surface area contributed by atoms with Gasteiger partial charge in [-0.1, -0.05) is 41.5 Å². The lowest BCUT2D eigenvalue weighted by Crippen LogP contribution is -2.59. The number of nitrogens with one attached hydrogen (secondary N) is 1. The summed E-state index contributed by atoms with van der Waals surface area (Å²) in [5, 5.41) is 8.25. The summed E-state index contributed by atoms with van der Waals surface area (Å²) in [7, 11) is -1.87. The van der Waals surface area contributed by atoms with E-state index in [1.807, 2.05) is 13.8 Å². The zero-order valence-corrected chi connectivity index (χ0v) is 15.7. The van der Waals surface area contributed by atoms with Gasteiger partial charge >= 0.3 is 5.97 Å². The molecule has 0 aromatic heterocycles. The summed E-state index contributed by atoms with van der Waals surface area (Å²) in [6.45, 7) is 19.9. The van der Waals surface area contributed by atoms with E-state index in [9.17, 15) is 4.79 Å². The Balaban J connectivity index is 5.00. The molecule has 118 valence electrons. The van der Waals surface area contributed by atoms with E-state index >= 15 is 0 Å². The van der Waals surface area contributed by atoms with Crippen molar-refractivity contribution in [3.8, 4) is 0 Å². The predicted molar refractivity (Wildman–Crippen MR) is 88.5 cm³/mol. The second kappa shape index (κ2) is 6.74. The zero-order valence-electron chi connectivity index (χ0n) is 14.7. The van der Waals surface area contributed by atoms with E-state index in [1.165, 1.54) is 0 Å². The minimum Gasteiger partial charge on any atom is -0.466 e. The molecule has 0 radical (unpaired) electrons. The van der Waals surface area contributed by atoms with Crippen molar-refractivity contribution in [1.82, 2.24) is 5.09 Å². The van der Waals surface area contributed by atoms with E-state index in [0.29, 0.717) is 6.61 Å². The van der Waals surface area contributed by atoms with Gasteiger partial charge in [0.2, 0.25) is 0 Å². The van der Waals surface area contributed by atoms with Gasteiger partial charge in [-0.15, -0.1) is 0 Å². The molecule has 1 N–H and O–H groups in total. The third-order valence-corrected chi connectivity index (χ3v) is 10.7. The van der Waals surface area contributed by atoms with Crippen molar-refractivity contribution in [2.75, 3.05) is 6.61 Å². The molecule has 20 heavy (non-hydrogen) atoms. The monoisotopic (exact) mass is 300 g/mol. The number of esters is 1. The smallest absolute Gasteiger partial charge is 0.311 e. The second-order valence-electron chi connectivity index (χ2n) is 7.57. The van der Waals surface area contributed by atoms with Crippen molar-refractivity contribution in [1.29, 1.82) is 0 Å². The SMILES string of the molecule is CCOC(=O)C/C(C)=N\N[Si](C)(C(C)(C)C)C(C)(C)C. The number of carbonyl (C=O) groups excluding carboxylic acids is 1. The van der Waals surface area contributed by atoms with Crippen LogP contribution in [0.25, 0.3) is 0 Å². The molecule has 0 aliphatic heterocycles. The molecule has 0 saturated heterocycles. The Bertz CT molecular complexity index is 351. The van der Waals surface area contributed by atoms with Crippen LogP contribution in [0.2, 0.25) is 16.6 Å². The van der Waals surface area contributed by atoms with Crippen LogP contribution in [-0.4, -0.2) is 26.5 Å². The van der Waals surface area contributed by atoms with Crippen molar-refractivity contribution in [2.45, 2.75) is 78.4 Å². The maximum atomic E-state index is 11.5. The molecule has 0 unspecified atom stereocenters. The van der Waals surface area contributed by atoms with Gasteiger partial charge in [-0.2, -0.15) is 5.10 Å². The average Bonchev–Trinajstić information content (AvgIpc) is 2.22. The first-order valence-corrected chi connectivity index (χ1v) is 9.81. The highest BCUT2D eigenvalue weighted by Crippen LogP contribution is 2.48. The van der Waals surface area contributed by atoms with E-state index in [1.54, 1.807) is 0 Å². The largest absolute Gasteiger partial charge is 0.466 e. The van der Waals surface area contributed by atoms with Gasteiger partial charge in [-0.05, 0) is 30.5 Å². The van der Waals surface area contributed by atoms with Gasteiger partial charge in [0.15, 0.2) is 8.24 Å². The highest BCUT2D eigenvalue weighted by Gasteiger charge is 2.50. The van der Waals surface area contributed by atoms with Crippen LogP contribution in [0.3, 0.4) is 0 Å². The highest BCUT2D eigenvalue weighted by atomic mass is 28.3. The topological polar surface area (TPSA) is 50.7 Å². The third kappa shape index (κ3) is 4.92. The summed E-state index contributed by atoms with van der Waals surface area (Å²) in [5.74, 6) is -0.217. The minimum absolute atomic E-state index is 0.166. The van der Waals surface area contributed by atoms with E-state index in [2.05, 4.69) is 58.3 Å². The molecule has 0 aliphatic rings. The molecule has 0 fully saturated rings. The van der Waals surface area contributed by atoms with E-state index < -0.39 is 8.24 Å². The zero-order chi connectivity index (χ0) is 16.2. The van der Waals surface area contributed by atoms with Crippen LogP contribution in [0.15, 0.2) is 5.10 Å². The van der Waals surface area contributed by atoms with E-state index in [0.717, 1.165) is 5.71 Å². The van der Waals surface area contributed by atoms with Gasteiger partial charge in [-0.3, -0.25) is 4.79 Å². The first-order chi connectivity index (χ1) is 8.85. The van der Waals surface area contributed by atoms with Crippen LogP contribution >= 0.6 is 0 Å². The molecular weight excluding hydrogens is 268 g/mol. The lowest BCUT2D eigenvalue weighted by molar-refractivity contribution is -0.141. The number of hydrogen-bond acceptors (Lipinski definition) is 4. The lowest BCUT2D eigenvalue weighted by Gasteiger charge is -2.48. The summed E-state index contributed by atoms with van der Waals surface area (Å²) in [6, 6.07) is 0. The predicted octanol–water partition coefficient (Wildman–Crippen LogP) is 4.08. The van der Waals surface area contributed by atoms with Crippen molar-refractivity contribution in [3.63, 3.8) is 0 Å². The molecular formula is C15H32N2O2Si. The number of carbonyl (C=O) groups is 1. The van der Waals surface area contributed by atoms with E-state index in [4.69, 9.17) is 4.74 Å². The molecule has 0 aromatic carbocycles. The van der Waals surface area contributed by atoms with Crippen LogP contribution in [-0.2, 0) is 9.53 Å². The Hall–Kier alpha value is -0.843. The first kappa shape index (κ1) is 19.2. The molecule has 0 bridgehead atoms. The Kier molecular flexibility index (Phi) is 6.46. The molecule has 0 aliphatic carbocycles. The van der Waals surface area contributed by atoms with Crippen molar-refractivity contribution in [3.05, 3.63) is 0 Å². The molecule has 5 heteroatoms. The highest BCUT2D eigenvalue weighted by molar-refractivity contribution is 6.81. The van der Waals surface area contributed by atoms with Gasteiger partial charge in [0.25, 0.3) is 0 Å². The molecule has 4 nitrogen and oxygen atoms in total. The minimum atomic E-state index is -1.87. The third-order valence-electron chi connectivity index (χ3n) is 4.18. The normalized spacial score (nSPS) is 14.2. The molecule has 0 amide bonds. The Morgan fingerprint density at radius 2 is 1.60 bits per heavy atom. The van der Waals surface area contributed by atoms with Crippen molar-refractivity contribution in [2.24, 2.45) is 5.10 Å². The number of hydrazone groups is 1. The lowest BCUT2D eigenvalue weighted by atomic mass is 10.2. The number of rotatable bonds is 5. The van der Waals surface area contributed by atoms with Crippen molar-refractivity contribution >= 4 is 19.9 Å². The summed E-state index contributed by atoms with van der Waals surface area (Å²) in [5.41, 5.74) is 0.774. The summed E-state index contributed by atoms with van der Waals surface area (Å²) >= 11 is 0. The van der Waals surface area contributed by atoms with Gasteiger partial charge in [0.05, 0.1) is 13.0 Å². The van der Waals surface area contributed by atoms with E-state index in [-0.39, 0.29) is 22.5 Å². The molecule has 0 saturated carbocycles. The number of nitrogens with zero attached hydrogens (tertiary/aromatic N) is 1. The second-order valence-corrected chi connectivity index (χ2v) is 13.0. The summed E-state index contributed by atoms with van der Waals surface area (Å²) in [6.07, 6.45) is 0.250. The number of hydrogen-bond donors (Lipinski definition) is 1. The summed E-state index contributed by atoms with van der Waals surface area (Å²) < 4.78 is 4.94. The maximum Gasteiger partial charge on any atom is 0.311 e. The van der Waals surface area contributed by atoms with Crippen LogP contribution in [0.4, 0.5) is 0 Å². The molecule has 0 atom stereocenters. The first-order valence-electron chi connectivity index (χ1n) is 7.31. The van der Waals surface area contributed by atoms with Crippen LogP contribution < -0.4 is 5.09 Å². The molecule has 0 rings (SSSR count). The fraction of sp³-hybridized carbons (Fsp3) is 0.867. The average molecular weight is 301 g/mol. The quantitative estimate of drug-likeness (QED) is 0.360. The fourth-order valence-corrected chi connectivity index (χ4v) is 5.46. The standard InChI is InChI=1S/C15H32N2O2Si/c1-10-19-13(18)11-12(2)16-17-20(9,14(3,4)5)15(6,7)8/h17H,10-11H2,1-9H3/b16-12-. The Morgan fingerprint density at radius 1 is 1.15 bits per heavy atom. The molecule has 0 aromatic rings. The van der Waals surface area contributed by atoms with Gasteiger partial charge in [0, 0.05) is 5.71 Å².